The average Bonchev–Trinajstić information content (AvgIpc) is 3.00. The van der Waals surface area contributed by atoms with Gasteiger partial charge in [-0.15, -0.1) is 0 Å². The smallest absolute Gasteiger partial charge is 0.267 e. The van der Waals surface area contributed by atoms with E-state index in [2.05, 4.69) is 15.5 Å². The lowest BCUT2D eigenvalue weighted by Crippen LogP contribution is -2.23. The van der Waals surface area contributed by atoms with Crippen molar-refractivity contribution < 1.29 is 9.32 Å². The zero-order chi connectivity index (χ0) is 15.0. The van der Waals surface area contributed by atoms with Crippen LogP contribution in [0.15, 0.2) is 28.8 Å². The molecule has 0 aliphatic rings. The highest BCUT2D eigenvalue weighted by molar-refractivity contribution is 5.98. The van der Waals surface area contributed by atoms with Crippen LogP contribution in [0.2, 0.25) is 0 Å². The highest BCUT2D eigenvalue weighted by Gasteiger charge is 2.13. The second-order valence-corrected chi connectivity index (χ2v) is 5.02. The number of aryl methyl sites for hydroxylation is 2. The zero-order valence-corrected chi connectivity index (χ0v) is 11.9. The number of amides is 1. The fourth-order valence-electron chi connectivity index (χ4n) is 2.29. The molecule has 0 bridgehead atoms. The standard InChI is InChI=1S/C15H16N4O2/c1-8-12(9(2)21-19-8)7-17-15(20)14-6-10-5-11(16)3-4-13(10)18-14/h3-6,18H,7,16H2,1-2H3,(H,17,20). The Labute approximate surface area is 121 Å². The predicted molar refractivity (Wildman–Crippen MR) is 79.9 cm³/mol. The summed E-state index contributed by atoms with van der Waals surface area (Å²) in [6.45, 7) is 4.06. The van der Waals surface area contributed by atoms with E-state index in [1.165, 1.54) is 0 Å². The van der Waals surface area contributed by atoms with E-state index in [1.54, 1.807) is 12.1 Å². The molecule has 21 heavy (non-hydrogen) atoms. The number of aromatic nitrogens is 2. The SMILES string of the molecule is Cc1noc(C)c1CNC(=O)c1cc2cc(N)ccc2[nH]1. The maximum absolute atomic E-state index is 12.2. The maximum Gasteiger partial charge on any atom is 0.267 e. The van der Waals surface area contributed by atoms with Gasteiger partial charge in [0.2, 0.25) is 0 Å². The molecule has 0 atom stereocenters. The molecule has 1 amide bonds. The van der Waals surface area contributed by atoms with Crippen molar-refractivity contribution >= 4 is 22.5 Å². The van der Waals surface area contributed by atoms with Gasteiger partial charge in [0.1, 0.15) is 11.5 Å². The Balaban J connectivity index is 1.78. The largest absolute Gasteiger partial charge is 0.399 e. The van der Waals surface area contributed by atoms with Gasteiger partial charge in [0.15, 0.2) is 0 Å². The Morgan fingerprint density at radius 2 is 2.19 bits per heavy atom. The lowest BCUT2D eigenvalue weighted by molar-refractivity contribution is 0.0946. The van der Waals surface area contributed by atoms with E-state index in [9.17, 15) is 4.79 Å². The number of hydrogen-bond acceptors (Lipinski definition) is 4. The first-order chi connectivity index (χ1) is 10.0. The molecule has 0 saturated heterocycles. The second-order valence-electron chi connectivity index (χ2n) is 5.02. The van der Waals surface area contributed by atoms with Gasteiger partial charge in [0.05, 0.1) is 5.69 Å². The van der Waals surface area contributed by atoms with Crippen molar-refractivity contribution in [2.24, 2.45) is 0 Å². The van der Waals surface area contributed by atoms with Gasteiger partial charge in [-0.05, 0) is 38.1 Å². The monoisotopic (exact) mass is 284 g/mol. The summed E-state index contributed by atoms with van der Waals surface area (Å²) in [5.74, 6) is 0.544. The van der Waals surface area contributed by atoms with Gasteiger partial charge in [-0.1, -0.05) is 5.16 Å². The number of fused-ring (bicyclic) bond motifs is 1. The molecule has 6 nitrogen and oxygen atoms in total. The molecular formula is C15H16N4O2. The number of H-pyrrole nitrogens is 1. The Morgan fingerprint density at radius 1 is 1.38 bits per heavy atom. The number of carbonyl (C=O) groups excluding carboxylic acids is 1. The van der Waals surface area contributed by atoms with Crippen molar-refractivity contribution in [1.29, 1.82) is 0 Å². The van der Waals surface area contributed by atoms with Crippen molar-refractivity contribution in [3.63, 3.8) is 0 Å². The highest BCUT2D eigenvalue weighted by atomic mass is 16.5. The molecule has 2 heterocycles. The summed E-state index contributed by atoms with van der Waals surface area (Å²) in [5.41, 5.74) is 9.48. The summed E-state index contributed by atoms with van der Waals surface area (Å²) >= 11 is 0. The number of anilines is 1. The lowest BCUT2D eigenvalue weighted by atomic mass is 10.2. The lowest BCUT2D eigenvalue weighted by Gasteiger charge is -2.02. The van der Waals surface area contributed by atoms with Gasteiger partial charge in [-0.2, -0.15) is 0 Å². The van der Waals surface area contributed by atoms with E-state index in [4.69, 9.17) is 10.3 Å². The van der Waals surface area contributed by atoms with Crippen LogP contribution in [0.5, 0.6) is 0 Å². The van der Waals surface area contributed by atoms with Gasteiger partial charge in [-0.25, -0.2) is 0 Å². The number of hydrogen-bond donors (Lipinski definition) is 3. The van der Waals surface area contributed by atoms with Gasteiger partial charge in [0, 0.05) is 28.7 Å². The van der Waals surface area contributed by atoms with Crippen LogP contribution in [0.3, 0.4) is 0 Å². The van der Waals surface area contributed by atoms with E-state index in [0.29, 0.717) is 17.9 Å². The summed E-state index contributed by atoms with van der Waals surface area (Å²) in [6.07, 6.45) is 0. The number of aromatic amines is 1. The molecule has 2 aromatic heterocycles. The first-order valence-corrected chi connectivity index (χ1v) is 6.63. The minimum absolute atomic E-state index is 0.176. The fraction of sp³-hybridized carbons (Fsp3) is 0.200. The van der Waals surface area contributed by atoms with E-state index in [-0.39, 0.29) is 5.91 Å². The summed E-state index contributed by atoms with van der Waals surface area (Å²) in [4.78, 5) is 15.3. The Bertz CT molecular complexity index is 797. The van der Waals surface area contributed by atoms with Crippen LogP contribution in [0, 0.1) is 13.8 Å². The van der Waals surface area contributed by atoms with Crippen molar-refractivity contribution in [3.05, 3.63) is 47.0 Å². The predicted octanol–water partition coefficient (Wildman–Crippen LogP) is 2.28. The Hall–Kier alpha value is -2.76. The third-order valence-corrected chi connectivity index (χ3v) is 3.50. The number of benzene rings is 1. The molecule has 4 N–H and O–H groups in total. The number of nitrogens with zero attached hydrogens (tertiary/aromatic N) is 1. The summed E-state index contributed by atoms with van der Waals surface area (Å²) in [5, 5.41) is 7.63. The Kier molecular flexibility index (Phi) is 3.13. The molecule has 0 aliphatic carbocycles. The van der Waals surface area contributed by atoms with Crippen molar-refractivity contribution in [2.45, 2.75) is 20.4 Å². The highest BCUT2D eigenvalue weighted by Crippen LogP contribution is 2.18. The molecule has 1 aromatic carbocycles. The molecular weight excluding hydrogens is 268 g/mol. The number of rotatable bonds is 3. The van der Waals surface area contributed by atoms with Crippen molar-refractivity contribution in [1.82, 2.24) is 15.5 Å². The van der Waals surface area contributed by atoms with Crippen molar-refractivity contribution in [3.8, 4) is 0 Å². The van der Waals surface area contributed by atoms with Gasteiger partial charge in [0.25, 0.3) is 5.91 Å². The van der Waals surface area contributed by atoms with Gasteiger partial charge < -0.3 is 20.6 Å². The maximum atomic E-state index is 12.2. The minimum atomic E-state index is -0.176. The number of nitrogen functional groups attached to an aromatic ring is 1. The van der Waals surface area contributed by atoms with Crippen LogP contribution in [0.25, 0.3) is 10.9 Å². The Morgan fingerprint density at radius 3 is 2.90 bits per heavy atom. The summed E-state index contributed by atoms with van der Waals surface area (Å²) < 4.78 is 5.07. The molecule has 0 radical (unpaired) electrons. The van der Waals surface area contributed by atoms with E-state index < -0.39 is 0 Å². The van der Waals surface area contributed by atoms with E-state index in [1.807, 2.05) is 26.0 Å². The molecule has 3 aromatic rings. The molecule has 6 heteroatoms. The fourth-order valence-corrected chi connectivity index (χ4v) is 2.29. The number of carbonyl (C=O) groups is 1. The first kappa shape index (κ1) is 13.2. The minimum Gasteiger partial charge on any atom is -0.399 e. The first-order valence-electron chi connectivity index (χ1n) is 6.63. The molecule has 0 fully saturated rings. The van der Waals surface area contributed by atoms with Crippen LogP contribution in [-0.2, 0) is 6.54 Å². The van der Waals surface area contributed by atoms with Crippen LogP contribution >= 0.6 is 0 Å². The van der Waals surface area contributed by atoms with Crippen LogP contribution in [0.1, 0.15) is 27.5 Å². The van der Waals surface area contributed by atoms with E-state index in [0.717, 1.165) is 27.9 Å². The normalized spacial score (nSPS) is 11.0. The van der Waals surface area contributed by atoms with Gasteiger partial charge in [-0.3, -0.25) is 4.79 Å². The zero-order valence-electron chi connectivity index (χ0n) is 11.9. The summed E-state index contributed by atoms with van der Waals surface area (Å²) in [6, 6.07) is 7.27. The molecule has 0 aliphatic heterocycles. The van der Waals surface area contributed by atoms with Crippen LogP contribution in [-0.4, -0.2) is 16.0 Å². The number of nitrogens with two attached hydrogens (primary N) is 1. The van der Waals surface area contributed by atoms with Crippen molar-refractivity contribution in [2.75, 3.05) is 5.73 Å². The molecule has 0 spiro atoms. The van der Waals surface area contributed by atoms with Crippen LogP contribution < -0.4 is 11.1 Å². The van der Waals surface area contributed by atoms with E-state index >= 15 is 0 Å². The second kappa shape index (κ2) is 4.97. The number of nitrogens with one attached hydrogen (secondary N) is 2. The van der Waals surface area contributed by atoms with Crippen LogP contribution in [0.4, 0.5) is 5.69 Å². The molecule has 0 saturated carbocycles. The molecule has 3 rings (SSSR count). The summed E-state index contributed by atoms with van der Waals surface area (Å²) in [7, 11) is 0. The van der Waals surface area contributed by atoms with Gasteiger partial charge >= 0.3 is 0 Å². The third-order valence-electron chi connectivity index (χ3n) is 3.50. The molecule has 108 valence electrons. The molecule has 0 unspecified atom stereocenters. The quantitative estimate of drug-likeness (QED) is 0.643. The average molecular weight is 284 g/mol. The topological polar surface area (TPSA) is 96.9 Å². The third kappa shape index (κ3) is 2.47.